The highest BCUT2D eigenvalue weighted by Gasteiger charge is 2.50. The first kappa shape index (κ1) is 87.6. The standard InChI is InChI=1S/C27H25N5O2S2.C23H19N7OS2.2C22H20N6OS2/c33-24(21-17-36-25(30-21)23-11-6-16-35-23)29-20-9-4-5-10-22(20)31-14-12-27(13-15-31)26(34)28-18-32(27)19-7-2-1-3-8-19;24-14-17-21(26-8-7-25-17)30-11-9-29(10-12-30)19-5-2-1-4-16(19)27-22(31)18-15-33-23(28-18)20-6-3-13-32-20;29-20(17-15-31-21(26-17)19-7-3-14-30-19)25-16-5-1-2-6-18(16)27-10-12-28(13-11-27)22-23-8-4-9-24-22;29-21(17-14-31-22(26-17)19-6-3-13-30-19)25-16-4-1-2-5-18(16)27-9-11-28(12-10-27)20-7-8-23-15-24-20/h1-11,16-17H,12-15,18H2,(H,28,34)(H,29,33);1-8,13,15H,9-12H2,(H,27,31);1-9,14-15H,10-13H2,(H,25,29);1-8,13-15H,9-12H2,(H,25,29). The molecule has 5 aliphatic heterocycles. The maximum Gasteiger partial charge on any atom is 0.275 e. The Morgan fingerprint density at radius 1 is 0.359 bits per heavy atom. The molecule has 131 heavy (non-hydrogen) atoms. The summed E-state index contributed by atoms with van der Waals surface area (Å²) < 4.78 is 0. The van der Waals surface area contributed by atoms with Crippen LogP contribution < -0.4 is 65.8 Å². The lowest BCUT2D eigenvalue weighted by Gasteiger charge is -2.44. The summed E-state index contributed by atoms with van der Waals surface area (Å²) in [5.41, 5.74) is 9.59. The van der Waals surface area contributed by atoms with E-state index in [1.807, 2.05) is 208 Å². The van der Waals surface area contributed by atoms with Gasteiger partial charge in [0.1, 0.15) is 66.6 Å². The third-order valence-corrected chi connectivity index (χ3v) is 30.0. The Morgan fingerprint density at radius 3 is 1.11 bits per heavy atom. The third-order valence-electron chi connectivity index (χ3n) is 22.5. The van der Waals surface area contributed by atoms with E-state index in [0.29, 0.717) is 80.0 Å². The predicted octanol–water partition coefficient (Wildman–Crippen LogP) is 17.6. The van der Waals surface area contributed by atoms with E-state index in [1.54, 1.807) is 87.2 Å². The maximum absolute atomic E-state index is 13.0. The van der Waals surface area contributed by atoms with Gasteiger partial charge in [0.05, 0.1) is 71.7 Å². The van der Waals surface area contributed by atoms with E-state index in [0.717, 1.165) is 168 Å². The molecule has 0 atom stereocenters. The summed E-state index contributed by atoms with van der Waals surface area (Å²) in [5, 5.41) is 43.3. The molecular formula is C94H84N24O5S8. The van der Waals surface area contributed by atoms with Crippen LogP contribution in [0.5, 0.6) is 0 Å². The van der Waals surface area contributed by atoms with Crippen molar-refractivity contribution in [2.75, 3.05) is 159 Å². The number of carbonyl (C=O) groups excluding carboxylic acids is 5. The second kappa shape index (κ2) is 41.6. The highest BCUT2D eigenvalue weighted by atomic mass is 32.1. The summed E-state index contributed by atoms with van der Waals surface area (Å²) in [6, 6.07) is 63.4. The number of nitrogens with zero attached hydrogens (tertiary/aromatic N) is 19. The van der Waals surface area contributed by atoms with Gasteiger partial charge < -0.3 is 65.8 Å². The first-order valence-corrected chi connectivity index (χ1v) is 49.1. The van der Waals surface area contributed by atoms with Gasteiger partial charge in [0.2, 0.25) is 11.9 Å². The Kier molecular flexibility index (Phi) is 27.8. The number of carbonyl (C=O) groups is 5. The minimum atomic E-state index is -0.547. The molecule has 16 aromatic rings. The Labute approximate surface area is 786 Å². The largest absolute Gasteiger partial charge is 0.370 e. The molecule has 0 saturated carbocycles. The van der Waals surface area contributed by atoms with Crippen molar-refractivity contribution in [3.05, 3.63) is 297 Å². The van der Waals surface area contributed by atoms with Crippen LogP contribution in [0.3, 0.4) is 0 Å². The maximum atomic E-state index is 13.0. The van der Waals surface area contributed by atoms with Gasteiger partial charge in [0.25, 0.3) is 23.6 Å². The number of nitrogens with one attached hydrogen (secondary N) is 5. The van der Waals surface area contributed by atoms with Crippen LogP contribution >= 0.6 is 90.7 Å². The van der Waals surface area contributed by atoms with E-state index in [-0.39, 0.29) is 29.5 Å². The molecule has 5 N–H and O–H groups in total. The Bertz CT molecular complexity index is 6380. The fourth-order valence-corrected chi connectivity index (χ4v) is 22.4. The molecule has 1 spiro atoms. The van der Waals surface area contributed by atoms with Gasteiger partial charge >= 0.3 is 0 Å². The number of rotatable bonds is 20. The van der Waals surface area contributed by atoms with Gasteiger partial charge in [0.15, 0.2) is 11.5 Å². The number of amides is 5. The molecule has 0 unspecified atom stereocenters. The van der Waals surface area contributed by atoms with Crippen molar-refractivity contribution < 1.29 is 24.0 Å². The number of para-hydroxylation sites is 9. The number of hydrogen-bond acceptors (Lipinski definition) is 32. The molecule has 5 aliphatic rings. The number of nitriles is 1. The normalized spacial score (nSPS) is 14.6. The lowest BCUT2D eigenvalue weighted by atomic mass is 9.85. The van der Waals surface area contributed by atoms with Gasteiger partial charge in [0, 0.05) is 150 Å². The van der Waals surface area contributed by atoms with Crippen molar-refractivity contribution in [2.24, 2.45) is 0 Å². The number of piperidine rings is 1. The molecule has 5 amide bonds. The summed E-state index contributed by atoms with van der Waals surface area (Å²) in [6.45, 7) is 11.5. The van der Waals surface area contributed by atoms with Gasteiger partial charge in [-0.05, 0) is 131 Å². The lowest BCUT2D eigenvalue weighted by molar-refractivity contribution is -0.124. The highest BCUT2D eigenvalue weighted by Crippen LogP contribution is 2.41. The summed E-state index contributed by atoms with van der Waals surface area (Å²) in [5.74, 6) is 1.59. The Morgan fingerprint density at radius 2 is 0.725 bits per heavy atom. The minimum absolute atomic E-state index is 0.0951. The predicted molar refractivity (Wildman–Crippen MR) is 529 cm³/mol. The first-order valence-electron chi connectivity index (χ1n) is 42.1. The number of anilines is 12. The molecule has 0 aliphatic carbocycles. The second-order valence-corrected chi connectivity index (χ2v) is 37.5. The smallest absolute Gasteiger partial charge is 0.275 e. The van der Waals surface area contributed by atoms with Crippen LogP contribution in [0.25, 0.3) is 39.5 Å². The van der Waals surface area contributed by atoms with Crippen molar-refractivity contribution in [3.63, 3.8) is 0 Å². The van der Waals surface area contributed by atoms with Gasteiger partial charge in [-0.1, -0.05) is 91.0 Å². The molecule has 5 aromatic carbocycles. The van der Waals surface area contributed by atoms with Gasteiger partial charge in [-0.15, -0.1) is 90.7 Å². The summed E-state index contributed by atoms with van der Waals surface area (Å²) in [6.07, 6.45) is 11.4. The van der Waals surface area contributed by atoms with Crippen LogP contribution in [0.4, 0.5) is 68.8 Å². The van der Waals surface area contributed by atoms with E-state index < -0.39 is 5.54 Å². The molecule has 29 nitrogen and oxygen atoms in total. The average molecular weight is 1890 g/mol. The van der Waals surface area contributed by atoms with Crippen molar-refractivity contribution in [1.29, 1.82) is 5.26 Å². The zero-order chi connectivity index (χ0) is 89.3. The van der Waals surface area contributed by atoms with Crippen LogP contribution in [0.1, 0.15) is 60.5 Å². The van der Waals surface area contributed by atoms with Crippen LogP contribution in [-0.2, 0) is 4.79 Å². The van der Waals surface area contributed by atoms with Crippen LogP contribution in [0.15, 0.2) is 268 Å². The molecule has 11 aromatic heterocycles. The number of hydrogen-bond donors (Lipinski definition) is 5. The monoisotopic (exact) mass is 1880 g/mol. The van der Waals surface area contributed by atoms with E-state index >= 15 is 0 Å². The minimum Gasteiger partial charge on any atom is -0.370 e. The van der Waals surface area contributed by atoms with E-state index in [9.17, 15) is 29.2 Å². The van der Waals surface area contributed by atoms with Crippen LogP contribution in [-0.4, -0.2) is 183 Å². The molecule has 16 heterocycles. The molecular weight excluding hydrogens is 1800 g/mol. The lowest BCUT2D eigenvalue weighted by Crippen LogP contribution is -2.56. The average Bonchev–Trinajstić information content (AvgIpc) is 1.62. The van der Waals surface area contributed by atoms with Crippen molar-refractivity contribution >= 4 is 189 Å². The molecule has 0 bridgehead atoms. The van der Waals surface area contributed by atoms with E-state index in [4.69, 9.17) is 0 Å². The fraction of sp³-hybridized carbons (Fsp3) is 0.191. The summed E-state index contributed by atoms with van der Waals surface area (Å²) in [7, 11) is 0. The zero-order valence-corrected chi connectivity index (χ0v) is 76.8. The van der Waals surface area contributed by atoms with E-state index in [1.165, 1.54) is 51.5 Å². The number of benzene rings is 5. The Balaban J connectivity index is 0.000000118. The number of thiophene rings is 4. The second-order valence-electron chi connectivity index (χ2n) is 30.3. The van der Waals surface area contributed by atoms with Crippen LogP contribution in [0, 0.1) is 11.3 Å². The van der Waals surface area contributed by atoms with Crippen molar-refractivity contribution in [3.8, 4) is 45.6 Å². The SMILES string of the molecule is N#Cc1nccnc1N1CCN(c2ccccc2NC(=O)c2csc(-c3cccs3)n2)CC1.O=C(Nc1ccccc1N1CCC2(CC1)C(=O)NCN2c1ccccc1)c1csc(-c2cccs2)n1.O=C(Nc1ccccc1N1CCN(c2ccncn2)CC1)c1csc(-c2cccs2)n1.O=C(Nc1ccccc1N1CCN(c2ncccn2)CC1)c1csc(-c2cccs2)n1. The van der Waals surface area contributed by atoms with Gasteiger partial charge in [-0.25, -0.2) is 49.8 Å². The molecule has 658 valence electrons. The number of thiazole rings is 4. The molecule has 21 rings (SSSR count). The topological polar surface area (TPSA) is 324 Å². The molecule has 5 saturated heterocycles. The Hall–Kier alpha value is -14.1. The van der Waals surface area contributed by atoms with Crippen molar-refractivity contribution in [2.45, 2.75) is 18.4 Å². The molecule has 0 radical (unpaired) electrons. The molecule has 37 heteroatoms. The quantitative estimate of drug-likeness (QED) is 0.0473. The third kappa shape index (κ3) is 20.6. The van der Waals surface area contributed by atoms with Gasteiger partial charge in [-0.2, -0.15) is 5.26 Å². The highest BCUT2D eigenvalue weighted by molar-refractivity contribution is 7.21. The van der Waals surface area contributed by atoms with Crippen molar-refractivity contribution in [1.82, 2.24) is 55.2 Å². The molecule has 5 fully saturated rings. The number of piperazine rings is 3. The fourth-order valence-electron chi connectivity index (χ4n) is 15.9. The van der Waals surface area contributed by atoms with Crippen LogP contribution in [0.2, 0.25) is 0 Å². The summed E-state index contributed by atoms with van der Waals surface area (Å²) >= 11 is 12.4. The zero-order valence-electron chi connectivity index (χ0n) is 70.3. The van der Waals surface area contributed by atoms with Gasteiger partial charge in [-0.3, -0.25) is 24.0 Å². The number of aromatic nitrogens is 10. The van der Waals surface area contributed by atoms with E-state index in [2.05, 4.69) is 134 Å². The first-order chi connectivity index (χ1) is 64.4. The summed E-state index contributed by atoms with van der Waals surface area (Å²) in [4.78, 5) is 130.